The highest BCUT2D eigenvalue weighted by molar-refractivity contribution is 5.87. The van der Waals surface area contributed by atoms with E-state index < -0.39 is 0 Å². The van der Waals surface area contributed by atoms with Crippen LogP contribution >= 0.6 is 0 Å². The molecule has 0 aromatic carbocycles. The van der Waals surface area contributed by atoms with Crippen LogP contribution in [0.2, 0.25) is 0 Å². The van der Waals surface area contributed by atoms with E-state index in [1.165, 1.54) is 19.3 Å². The van der Waals surface area contributed by atoms with Crippen molar-refractivity contribution in [1.82, 2.24) is 10.2 Å². The van der Waals surface area contributed by atoms with Crippen LogP contribution in [0.15, 0.2) is 12.2 Å². The number of carbonyl (C=O) groups excluding carboxylic acids is 1. The lowest BCUT2D eigenvalue weighted by molar-refractivity contribution is -0.117. The minimum Gasteiger partial charge on any atom is -0.350 e. The zero-order valence-corrected chi connectivity index (χ0v) is 11.4. The number of amides is 1. The van der Waals surface area contributed by atoms with E-state index in [0.717, 1.165) is 25.3 Å². The minimum absolute atomic E-state index is 0.0619. The highest BCUT2D eigenvalue weighted by Crippen LogP contribution is 2.26. The van der Waals surface area contributed by atoms with Gasteiger partial charge in [-0.15, -0.1) is 0 Å². The van der Waals surface area contributed by atoms with Crippen molar-refractivity contribution in [1.29, 1.82) is 0 Å². The van der Waals surface area contributed by atoms with Gasteiger partial charge in [0.15, 0.2) is 0 Å². The third-order valence-electron chi connectivity index (χ3n) is 3.51. The first kappa shape index (κ1) is 14.2. The fourth-order valence-electron chi connectivity index (χ4n) is 2.33. The summed E-state index contributed by atoms with van der Waals surface area (Å²) in [5.74, 6) is 0.944. The fraction of sp³-hybridized carbons (Fsp3) is 0.786. The number of carbonyl (C=O) groups is 1. The molecule has 1 amide bonds. The van der Waals surface area contributed by atoms with Gasteiger partial charge in [-0.25, -0.2) is 0 Å². The minimum atomic E-state index is 0.0619. The number of likely N-dealkylation sites (N-methyl/N-ethyl adjacent to an activating group) is 1. The molecular formula is C14H26N2O. The number of hydrogen-bond donors (Lipinski definition) is 1. The van der Waals surface area contributed by atoms with E-state index in [1.807, 2.05) is 25.1 Å². The lowest BCUT2D eigenvalue weighted by Crippen LogP contribution is -2.36. The monoisotopic (exact) mass is 238 g/mol. The normalized spacial score (nSPS) is 25.4. The van der Waals surface area contributed by atoms with E-state index in [1.54, 1.807) is 6.08 Å². The molecule has 1 aliphatic carbocycles. The molecule has 1 N–H and O–H groups in total. The lowest BCUT2D eigenvalue weighted by atomic mass is 9.84. The average molecular weight is 238 g/mol. The molecule has 1 rings (SSSR count). The molecule has 0 atom stereocenters. The molecule has 0 unspecified atom stereocenters. The Bertz CT molecular complexity index is 253. The third kappa shape index (κ3) is 5.87. The second-order valence-electron chi connectivity index (χ2n) is 5.30. The van der Waals surface area contributed by atoms with E-state index in [0.29, 0.717) is 6.04 Å². The first-order chi connectivity index (χ1) is 8.11. The molecule has 0 radical (unpaired) electrons. The SMILES string of the molecule is CC[C@H]1CC[C@@H](NC(=O)/C=C/CN(C)C)CC1. The second-order valence-corrected chi connectivity index (χ2v) is 5.30. The van der Waals surface area contributed by atoms with Gasteiger partial charge in [-0.1, -0.05) is 19.4 Å². The zero-order chi connectivity index (χ0) is 12.7. The first-order valence-corrected chi connectivity index (χ1v) is 6.73. The molecule has 17 heavy (non-hydrogen) atoms. The Balaban J connectivity index is 2.21. The molecule has 1 fully saturated rings. The molecule has 0 saturated heterocycles. The highest BCUT2D eigenvalue weighted by Gasteiger charge is 2.20. The molecule has 98 valence electrons. The Morgan fingerprint density at radius 2 is 1.94 bits per heavy atom. The summed E-state index contributed by atoms with van der Waals surface area (Å²) in [6.07, 6.45) is 9.67. The van der Waals surface area contributed by atoms with Crippen molar-refractivity contribution in [3.8, 4) is 0 Å². The van der Waals surface area contributed by atoms with E-state index >= 15 is 0 Å². The summed E-state index contributed by atoms with van der Waals surface area (Å²) < 4.78 is 0. The number of nitrogens with one attached hydrogen (secondary N) is 1. The maximum Gasteiger partial charge on any atom is 0.243 e. The highest BCUT2D eigenvalue weighted by atomic mass is 16.1. The van der Waals surface area contributed by atoms with Crippen LogP contribution < -0.4 is 5.32 Å². The van der Waals surface area contributed by atoms with Crippen LogP contribution in [0.25, 0.3) is 0 Å². The van der Waals surface area contributed by atoms with Gasteiger partial charge < -0.3 is 10.2 Å². The van der Waals surface area contributed by atoms with Gasteiger partial charge >= 0.3 is 0 Å². The van der Waals surface area contributed by atoms with Crippen molar-refractivity contribution in [2.45, 2.75) is 45.1 Å². The molecule has 1 saturated carbocycles. The topological polar surface area (TPSA) is 32.3 Å². The van der Waals surface area contributed by atoms with Crippen molar-refractivity contribution in [2.24, 2.45) is 5.92 Å². The van der Waals surface area contributed by atoms with Crippen LogP contribution in [0.4, 0.5) is 0 Å². The van der Waals surface area contributed by atoms with Gasteiger partial charge in [-0.3, -0.25) is 4.79 Å². The third-order valence-corrected chi connectivity index (χ3v) is 3.51. The van der Waals surface area contributed by atoms with Gasteiger partial charge in [-0.05, 0) is 45.7 Å². The van der Waals surface area contributed by atoms with Gasteiger partial charge in [0.25, 0.3) is 0 Å². The van der Waals surface area contributed by atoms with Crippen LogP contribution in [-0.4, -0.2) is 37.5 Å². The number of nitrogens with zero attached hydrogens (tertiary/aromatic N) is 1. The van der Waals surface area contributed by atoms with Crippen LogP contribution in [0.3, 0.4) is 0 Å². The molecule has 0 spiro atoms. The van der Waals surface area contributed by atoms with Gasteiger partial charge in [0.2, 0.25) is 5.91 Å². The van der Waals surface area contributed by atoms with Gasteiger partial charge in [0.1, 0.15) is 0 Å². The summed E-state index contributed by atoms with van der Waals surface area (Å²) in [5, 5.41) is 3.09. The average Bonchev–Trinajstić information content (AvgIpc) is 2.29. The Kier molecular flexibility index (Phi) is 6.27. The summed E-state index contributed by atoms with van der Waals surface area (Å²) in [7, 11) is 3.99. The van der Waals surface area contributed by atoms with Crippen molar-refractivity contribution >= 4 is 5.91 Å². The summed E-state index contributed by atoms with van der Waals surface area (Å²) in [6, 6.07) is 0.398. The van der Waals surface area contributed by atoms with Crippen molar-refractivity contribution in [2.75, 3.05) is 20.6 Å². The Morgan fingerprint density at radius 1 is 1.29 bits per heavy atom. The quantitative estimate of drug-likeness (QED) is 0.745. The molecular weight excluding hydrogens is 212 g/mol. The Morgan fingerprint density at radius 3 is 2.47 bits per heavy atom. The fourth-order valence-corrected chi connectivity index (χ4v) is 2.33. The van der Waals surface area contributed by atoms with E-state index in [4.69, 9.17) is 0 Å². The molecule has 3 heteroatoms. The molecule has 0 aromatic heterocycles. The smallest absolute Gasteiger partial charge is 0.243 e. The zero-order valence-electron chi connectivity index (χ0n) is 11.4. The van der Waals surface area contributed by atoms with Gasteiger partial charge in [-0.2, -0.15) is 0 Å². The summed E-state index contributed by atoms with van der Waals surface area (Å²) in [4.78, 5) is 13.7. The largest absolute Gasteiger partial charge is 0.350 e. The van der Waals surface area contributed by atoms with E-state index in [-0.39, 0.29) is 5.91 Å². The molecule has 3 nitrogen and oxygen atoms in total. The standard InChI is InChI=1S/C14H26N2O/c1-4-12-7-9-13(10-8-12)15-14(17)6-5-11-16(2)3/h5-6,12-13H,4,7-11H2,1-3H3,(H,15,17)/b6-5+/t12-,13+. The van der Waals surface area contributed by atoms with Crippen LogP contribution in [0, 0.1) is 5.92 Å². The van der Waals surface area contributed by atoms with Crippen LogP contribution in [0.5, 0.6) is 0 Å². The number of hydrogen-bond acceptors (Lipinski definition) is 2. The van der Waals surface area contributed by atoms with Gasteiger partial charge in [0, 0.05) is 18.7 Å². The van der Waals surface area contributed by atoms with Crippen LogP contribution in [0.1, 0.15) is 39.0 Å². The summed E-state index contributed by atoms with van der Waals surface area (Å²) in [6.45, 7) is 3.07. The Hall–Kier alpha value is -0.830. The molecule has 1 aliphatic rings. The van der Waals surface area contributed by atoms with E-state index in [9.17, 15) is 4.79 Å². The molecule has 0 heterocycles. The molecule has 0 aromatic rings. The van der Waals surface area contributed by atoms with Crippen molar-refractivity contribution < 1.29 is 4.79 Å². The maximum absolute atomic E-state index is 11.6. The van der Waals surface area contributed by atoms with Crippen LogP contribution in [-0.2, 0) is 4.79 Å². The predicted octanol–water partition coefficient (Wildman–Crippen LogP) is 2.19. The second kappa shape index (κ2) is 7.49. The van der Waals surface area contributed by atoms with E-state index in [2.05, 4.69) is 12.2 Å². The van der Waals surface area contributed by atoms with Gasteiger partial charge in [0.05, 0.1) is 0 Å². The predicted molar refractivity (Wildman–Crippen MR) is 71.9 cm³/mol. The summed E-state index contributed by atoms with van der Waals surface area (Å²) in [5.41, 5.74) is 0. The van der Waals surface area contributed by atoms with Crippen molar-refractivity contribution in [3.63, 3.8) is 0 Å². The molecule has 0 bridgehead atoms. The molecule has 0 aliphatic heterocycles. The number of rotatable bonds is 5. The first-order valence-electron chi connectivity index (χ1n) is 6.73. The van der Waals surface area contributed by atoms with Crippen molar-refractivity contribution in [3.05, 3.63) is 12.2 Å². The Labute approximate surface area is 105 Å². The summed E-state index contributed by atoms with van der Waals surface area (Å²) >= 11 is 0. The maximum atomic E-state index is 11.6. The lowest BCUT2D eigenvalue weighted by Gasteiger charge is -2.28.